The summed E-state index contributed by atoms with van der Waals surface area (Å²) in [6.07, 6.45) is 1.06. The molecular weight excluding hydrogens is 256 g/mol. The number of benzene rings is 1. The lowest BCUT2D eigenvalue weighted by molar-refractivity contribution is 0.225. The molecule has 1 aromatic carbocycles. The molecule has 0 aliphatic carbocycles. The van der Waals surface area contributed by atoms with E-state index in [4.69, 9.17) is 0 Å². The normalized spacial score (nSPS) is 12.5. The number of aliphatic hydroxyl groups excluding tert-OH is 1. The third-order valence-electron chi connectivity index (χ3n) is 3.06. The topological polar surface area (TPSA) is 48.9 Å². The van der Waals surface area contributed by atoms with Gasteiger partial charge >= 0.3 is 0 Å². The van der Waals surface area contributed by atoms with Crippen LogP contribution >= 0.6 is 11.3 Å². The smallest absolute Gasteiger partial charge is 0.117 e. The van der Waals surface area contributed by atoms with Crippen molar-refractivity contribution in [2.24, 2.45) is 0 Å². The number of nitrogens with zero attached hydrogens (tertiary/aromatic N) is 1. The summed E-state index contributed by atoms with van der Waals surface area (Å²) < 4.78 is 0. The number of thiophene rings is 1. The minimum Gasteiger partial charge on any atom is -0.383 e. The van der Waals surface area contributed by atoms with E-state index in [1.165, 1.54) is 4.88 Å². The number of aromatic nitrogens is 2. The fraction of sp³-hybridized carbons (Fsp3) is 0.133. The van der Waals surface area contributed by atoms with E-state index in [2.05, 4.69) is 10.2 Å². The third-order valence-corrected chi connectivity index (χ3v) is 4.11. The molecule has 0 radical (unpaired) electrons. The Balaban J connectivity index is 2.01. The maximum Gasteiger partial charge on any atom is 0.117 e. The molecule has 0 aliphatic heterocycles. The van der Waals surface area contributed by atoms with E-state index in [1.807, 2.05) is 49.4 Å². The van der Waals surface area contributed by atoms with Crippen LogP contribution < -0.4 is 0 Å². The first-order chi connectivity index (χ1) is 9.25. The predicted molar refractivity (Wildman–Crippen MR) is 77.1 cm³/mol. The molecule has 3 nitrogen and oxygen atoms in total. The van der Waals surface area contributed by atoms with Crippen LogP contribution in [0.5, 0.6) is 0 Å². The second kappa shape index (κ2) is 4.99. The van der Waals surface area contributed by atoms with Gasteiger partial charge in [0.15, 0.2) is 0 Å². The summed E-state index contributed by atoms with van der Waals surface area (Å²) in [4.78, 5) is 2.13. The van der Waals surface area contributed by atoms with Gasteiger partial charge in [-0.25, -0.2) is 0 Å². The van der Waals surface area contributed by atoms with E-state index in [0.717, 1.165) is 21.7 Å². The van der Waals surface area contributed by atoms with Gasteiger partial charge in [-0.05, 0) is 24.6 Å². The van der Waals surface area contributed by atoms with Crippen LogP contribution in [0.25, 0.3) is 11.3 Å². The van der Waals surface area contributed by atoms with Crippen molar-refractivity contribution in [3.8, 4) is 11.3 Å². The molecule has 1 atom stereocenters. The lowest BCUT2D eigenvalue weighted by Crippen LogP contribution is -1.97. The number of hydrogen-bond donors (Lipinski definition) is 2. The van der Waals surface area contributed by atoms with Crippen LogP contribution in [0.4, 0.5) is 0 Å². The van der Waals surface area contributed by atoms with Crippen molar-refractivity contribution < 1.29 is 5.11 Å². The van der Waals surface area contributed by atoms with E-state index in [0.29, 0.717) is 0 Å². The van der Waals surface area contributed by atoms with Gasteiger partial charge in [-0.3, -0.25) is 5.10 Å². The summed E-state index contributed by atoms with van der Waals surface area (Å²) in [7, 11) is 0. The van der Waals surface area contributed by atoms with Gasteiger partial charge in [0.05, 0.1) is 11.9 Å². The van der Waals surface area contributed by atoms with Crippen molar-refractivity contribution in [2.45, 2.75) is 13.0 Å². The second-order valence-electron chi connectivity index (χ2n) is 4.42. The lowest BCUT2D eigenvalue weighted by atomic mass is 10.0. The van der Waals surface area contributed by atoms with Gasteiger partial charge in [-0.15, -0.1) is 11.3 Å². The minimum absolute atomic E-state index is 0.632. The zero-order valence-electron chi connectivity index (χ0n) is 10.5. The largest absolute Gasteiger partial charge is 0.383 e. The van der Waals surface area contributed by atoms with Gasteiger partial charge in [-0.1, -0.05) is 30.3 Å². The van der Waals surface area contributed by atoms with E-state index in [-0.39, 0.29) is 0 Å². The number of rotatable bonds is 3. The van der Waals surface area contributed by atoms with Gasteiger partial charge in [0.25, 0.3) is 0 Å². The number of hydrogen-bond acceptors (Lipinski definition) is 3. The van der Waals surface area contributed by atoms with Gasteiger partial charge in [0.2, 0.25) is 0 Å². The average molecular weight is 270 g/mol. The molecule has 0 spiro atoms. The Morgan fingerprint density at radius 3 is 2.63 bits per heavy atom. The van der Waals surface area contributed by atoms with E-state index in [1.54, 1.807) is 17.5 Å². The summed E-state index contributed by atoms with van der Waals surface area (Å²) in [6.45, 7) is 2.04. The molecule has 3 rings (SSSR count). The average Bonchev–Trinajstić information content (AvgIpc) is 3.07. The zero-order chi connectivity index (χ0) is 13.2. The Hall–Kier alpha value is -1.91. The van der Waals surface area contributed by atoms with E-state index >= 15 is 0 Å². The lowest BCUT2D eigenvalue weighted by Gasteiger charge is -2.09. The summed E-state index contributed by atoms with van der Waals surface area (Å²) in [6, 6.07) is 13.9. The Kier molecular flexibility index (Phi) is 3.19. The summed E-state index contributed by atoms with van der Waals surface area (Å²) in [5.74, 6) is 0. The molecule has 19 heavy (non-hydrogen) atoms. The van der Waals surface area contributed by atoms with Crippen molar-refractivity contribution in [1.82, 2.24) is 10.2 Å². The maximum absolute atomic E-state index is 10.5. The van der Waals surface area contributed by atoms with Crippen LogP contribution in [-0.4, -0.2) is 15.3 Å². The quantitative estimate of drug-likeness (QED) is 0.765. The molecule has 0 amide bonds. The van der Waals surface area contributed by atoms with Crippen LogP contribution in [0.2, 0.25) is 0 Å². The van der Waals surface area contributed by atoms with Crippen molar-refractivity contribution in [3.63, 3.8) is 0 Å². The molecule has 2 heterocycles. The van der Waals surface area contributed by atoms with Crippen LogP contribution in [0.3, 0.4) is 0 Å². The standard InChI is InChI=1S/C15H14N2OS/c1-10-7-8-13(19-10)15(18)12-9-16-17-14(12)11-5-3-2-4-6-11/h2-9,15,18H,1H3,(H,16,17). The van der Waals surface area contributed by atoms with E-state index < -0.39 is 6.10 Å². The van der Waals surface area contributed by atoms with Crippen molar-refractivity contribution in [2.75, 3.05) is 0 Å². The summed E-state index contributed by atoms with van der Waals surface area (Å²) in [5.41, 5.74) is 2.72. The first kappa shape index (κ1) is 12.1. The molecule has 0 fully saturated rings. The Bertz CT molecular complexity index is 672. The highest BCUT2D eigenvalue weighted by Gasteiger charge is 2.18. The second-order valence-corrected chi connectivity index (χ2v) is 5.74. The molecule has 4 heteroatoms. The van der Waals surface area contributed by atoms with Crippen LogP contribution in [-0.2, 0) is 0 Å². The predicted octanol–water partition coefficient (Wildman–Crippen LogP) is 3.53. The van der Waals surface area contributed by atoms with Gasteiger partial charge in [0, 0.05) is 15.3 Å². The molecule has 0 aliphatic rings. The zero-order valence-corrected chi connectivity index (χ0v) is 11.3. The van der Waals surface area contributed by atoms with Gasteiger partial charge in [-0.2, -0.15) is 5.10 Å². The molecule has 0 saturated heterocycles. The Morgan fingerprint density at radius 1 is 1.16 bits per heavy atom. The molecule has 1 unspecified atom stereocenters. The summed E-state index contributed by atoms with van der Waals surface area (Å²) in [5, 5.41) is 17.5. The van der Waals surface area contributed by atoms with E-state index in [9.17, 15) is 5.11 Å². The number of aliphatic hydroxyl groups is 1. The number of nitrogens with one attached hydrogen (secondary N) is 1. The van der Waals surface area contributed by atoms with Crippen LogP contribution in [0, 0.1) is 6.92 Å². The highest BCUT2D eigenvalue weighted by Crippen LogP contribution is 2.33. The third kappa shape index (κ3) is 2.32. The molecule has 3 aromatic rings. The molecule has 0 bridgehead atoms. The maximum atomic E-state index is 10.5. The fourth-order valence-electron chi connectivity index (χ4n) is 2.09. The van der Waals surface area contributed by atoms with Gasteiger partial charge < -0.3 is 5.11 Å². The Labute approximate surface area is 115 Å². The Morgan fingerprint density at radius 2 is 1.95 bits per heavy atom. The first-order valence-electron chi connectivity index (χ1n) is 6.09. The van der Waals surface area contributed by atoms with Crippen molar-refractivity contribution in [1.29, 1.82) is 0 Å². The van der Waals surface area contributed by atoms with Crippen LogP contribution in [0.1, 0.15) is 21.4 Å². The molecule has 96 valence electrons. The highest BCUT2D eigenvalue weighted by molar-refractivity contribution is 7.12. The number of aromatic amines is 1. The summed E-state index contributed by atoms with van der Waals surface area (Å²) >= 11 is 1.61. The van der Waals surface area contributed by atoms with Crippen molar-refractivity contribution in [3.05, 3.63) is 64.0 Å². The van der Waals surface area contributed by atoms with Crippen molar-refractivity contribution >= 4 is 11.3 Å². The van der Waals surface area contributed by atoms with Gasteiger partial charge in [0.1, 0.15) is 6.10 Å². The highest BCUT2D eigenvalue weighted by atomic mass is 32.1. The van der Waals surface area contributed by atoms with Crippen LogP contribution in [0.15, 0.2) is 48.7 Å². The number of aryl methyl sites for hydroxylation is 1. The molecule has 2 aromatic heterocycles. The minimum atomic E-state index is -0.632. The first-order valence-corrected chi connectivity index (χ1v) is 6.90. The monoisotopic (exact) mass is 270 g/mol. The fourth-order valence-corrected chi connectivity index (χ4v) is 2.98. The number of H-pyrrole nitrogens is 1. The molecular formula is C15H14N2OS. The SMILES string of the molecule is Cc1ccc(C(O)c2cn[nH]c2-c2ccccc2)s1. The molecule has 2 N–H and O–H groups in total. The molecule has 0 saturated carbocycles.